The molecule has 18 heavy (non-hydrogen) atoms. The van der Waals surface area contributed by atoms with Crippen LogP contribution in [-0.4, -0.2) is 31.4 Å². The van der Waals surface area contributed by atoms with Crippen LogP contribution >= 0.6 is 0 Å². The van der Waals surface area contributed by atoms with Crippen LogP contribution in [0.3, 0.4) is 0 Å². The number of rotatable bonds is 3. The Labute approximate surface area is 111 Å². The van der Waals surface area contributed by atoms with E-state index in [9.17, 15) is 0 Å². The van der Waals surface area contributed by atoms with Gasteiger partial charge in [-0.05, 0) is 52.9 Å². The van der Waals surface area contributed by atoms with E-state index in [1.54, 1.807) is 0 Å². The summed E-state index contributed by atoms with van der Waals surface area (Å²) in [5.74, 6) is 0.509. The lowest BCUT2D eigenvalue weighted by Gasteiger charge is -2.32. The molecule has 2 heterocycles. The van der Waals surface area contributed by atoms with Crippen molar-refractivity contribution in [2.24, 2.45) is 5.92 Å². The largest absolute Gasteiger partial charge is 0.458 e. The first-order valence-electron chi connectivity index (χ1n) is 7.06. The molecule has 0 aromatic carbocycles. The molecule has 4 heteroatoms. The van der Waals surface area contributed by atoms with Crippen LogP contribution < -0.4 is 5.32 Å². The molecule has 3 nitrogen and oxygen atoms in total. The van der Waals surface area contributed by atoms with E-state index < -0.39 is 0 Å². The van der Waals surface area contributed by atoms with Crippen LogP contribution in [0, 0.1) is 5.92 Å². The third kappa shape index (κ3) is 2.98. The third-order valence-corrected chi connectivity index (χ3v) is 4.36. The molecule has 2 rings (SSSR count). The zero-order chi connectivity index (χ0) is 13.4. The maximum atomic E-state index is 6.03. The van der Waals surface area contributed by atoms with Gasteiger partial charge in [-0.2, -0.15) is 0 Å². The van der Waals surface area contributed by atoms with E-state index >= 15 is 0 Å². The molecular formula is C14H26BNO2. The summed E-state index contributed by atoms with van der Waals surface area (Å²) in [5.41, 5.74) is 1.11. The number of hydrogen-bond acceptors (Lipinski definition) is 3. The Balaban J connectivity index is 1.89. The molecule has 2 aliphatic rings. The van der Waals surface area contributed by atoms with Crippen LogP contribution in [0.5, 0.6) is 0 Å². The average molecular weight is 251 g/mol. The Kier molecular flexibility index (Phi) is 3.91. The molecule has 102 valence electrons. The zero-order valence-corrected chi connectivity index (χ0v) is 12.4. The Morgan fingerprint density at radius 3 is 2.39 bits per heavy atom. The van der Waals surface area contributed by atoms with Crippen LogP contribution in [-0.2, 0) is 9.31 Å². The molecule has 2 aliphatic heterocycles. The summed E-state index contributed by atoms with van der Waals surface area (Å²) in [6.45, 7) is 12.8. The van der Waals surface area contributed by atoms with Crippen molar-refractivity contribution in [1.29, 1.82) is 0 Å². The molecule has 0 aromatic rings. The lowest BCUT2D eigenvalue weighted by molar-refractivity contribution is 0.00578. The van der Waals surface area contributed by atoms with Crippen molar-refractivity contribution in [3.8, 4) is 0 Å². The monoisotopic (exact) mass is 251 g/mol. The van der Waals surface area contributed by atoms with Crippen molar-refractivity contribution in [1.82, 2.24) is 5.32 Å². The first-order valence-corrected chi connectivity index (χ1v) is 7.06. The van der Waals surface area contributed by atoms with Crippen molar-refractivity contribution < 1.29 is 9.31 Å². The predicted molar refractivity (Wildman–Crippen MR) is 75.6 cm³/mol. The maximum absolute atomic E-state index is 6.03. The second-order valence-electron chi connectivity index (χ2n) is 6.65. The van der Waals surface area contributed by atoms with Gasteiger partial charge in [0.15, 0.2) is 0 Å². The lowest BCUT2D eigenvalue weighted by atomic mass is 9.77. The minimum absolute atomic E-state index is 0.0730. The zero-order valence-electron chi connectivity index (χ0n) is 12.4. The molecule has 1 unspecified atom stereocenters. The van der Waals surface area contributed by atoms with Gasteiger partial charge in [0.05, 0.1) is 11.2 Å². The summed E-state index contributed by atoms with van der Waals surface area (Å²) >= 11 is 0. The smallest absolute Gasteiger partial charge is 0.403 e. The first kappa shape index (κ1) is 14.1. The second-order valence-corrected chi connectivity index (χ2v) is 6.65. The van der Waals surface area contributed by atoms with Crippen LogP contribution in [0.4, 0.5) is 0 Å². The van der Waals surface area contributed by atoms with Gasteiger partial charge in [0.25, 0.3) is 0 Å². The normalized spacial score (nSPS) is 30.1. The van der Waals surface area contributed by atoms with Crippen molar-refractivity contribution in [2.75, 3.05) is 13.1 Å². The molecule has 1 N–H and O–H groups in total. The number of hydrogen-bond donors (Lipinski definition) is 1. The number of allylic oxidation sites excluding steroid dienone is 1. The summed E-state index contributed by atoms with van der Waals surface area (Å²) in [5, 5.41) is 3.37. The Morgan fingerprint density at radius 1 is 1.28 bits per heavy atom. The molecule has 0 aromatic heterocycles. The molecule has 0 amide bonds. The fourth-order valence-electron chi connectivity index (χ4n) is 2.56. The summed E-state index contributed by atoms with van der Waals surface area (Å²) in [6.07, 6.45) is 4.51. The van der Waals surface area contributed by atoms with Crippen LogP contribution in [0.15, 0.2) is 11.6 Å². The van der Waals surface area contributed by atoms with Gasteiger partial charge in [-0.1, -0.05) is 18.6 Å². The Hall–Kier alpha value is -0.315. The molecule has 0 radical (unpaired) electrons. The van der Waals surface area contributed by atoms with Gasteiger partial charge < -0.3 is 14.6 Å². The van der Waals surface area contributed by atoms with Crippen LogP contribution in [0.1, 0.15) is 41.0 Å². The van der Waals surface area contributed by atoms with Gasteiger partial charge in [-0.25, -0.2) is 0 Å². The van der Waals surface area contributed by atoms with Crippen LogP contribution in [0.2, 0.25) is 6.32 Å². The van der Waals surface area contributed by atoms with E-state index in [4.69, 9.17) is 9.31 Å². The highest BCUT2D eigenvalue weighted by Crippen LogP contribution is 2.38. The van der Waals surface area contributed by atoms with E-state index in [0.717, 1.165) is 19.4 Å². The van der Waals surface area contributed by atoms with E-state index in [0.29, 0.717) is 5.92 Å². The van der Waals surface area contributed by atoms with E-state index in [-0.39, 0.29) is 18.3 Å². The molecule has 2 saturated heterocycles. The minimum atomic E-state index is -0.209. The van der Waals surface area contributed by atoms with E-state index in [2.05, 4.69) is 46.0 Å². The molecular weight excluding hydrogens is 225 g/mol. The topological polar surface area (TPSA) is 30.5 Å². The average Bonchev–Trinajstić information content (AvgIpc) is 2.73. The molecule has 0 bridgehead atoms. The Bertz CT molecular complexity index is 315. The molecule has 1 atom stereocenters. The summed E-state index contributed by atoms with van der Waals surface area (Å²) in [4.78, 5) is 0. The third-order valence-electron chi connectivity index (χ3n) is 4.36. The summed E-state index contributed by atoms with van der Waals surface area (Å²) in [6, 6.07) is 0. The summed E-state index contributed by atoms with van der Waals surface area (Å²) < 4.78 is 12.1. The minimum Gasteiger partial charge on any atom is -0.403 e. The highest BCUT2D eigenvalue weighted by molar-refractivity contribution is 6.45. The molecule has 2 fully saturated rings. The maximum Gasteiger partial charge on any atom is 0.458 e. The van der Waals surface area contributed by atoms with Crippen molar-refractivity contribution in [3.63, 3.8) is 0 Å². The molecule has 0 saturated carbocycles. The van der Waals surface area contributed by atoms with Crippen molar-refractivity contribution >= 4 is 7.12 Å². The van der Waals surface area contributed by atoms with Crippen molar-refractivity contribution in [3.05, 3.63) is 11.6 Å². The van der Waals surface area contributed by atoms with E-state index in [1.807, 2.05) is 0 Å². The predicted octanol–water partition coefficient (Wildman–Crippen LogP) is 2.63. The van der Waals surface area contributed by atoms with Crippen molar-refractivity contribution in [2.45, 2.75) is 58.6 Å². The highest BCUT2D eigenvalue weighted by atomic mass is 16.7. The van der Waals surface area contributed by atoms with Crippen LogP contribution in [0.25, 0.3) is 0 Å². The SMILES string of the molecule is CC(C=C1CCNC1)CB1OC(C)(C)C(C)(C)O1. The van der Waals surface area contributed by atoms with Gasteiger partial charge in [-0.15, -0.1) is 0 Å². The summed E-state index contributed by atoms with van der Waals surface area (Å²) in [7, 11) is -0.0730. The molecule has 0 aliphatic carbocycles. The number of nitrogens with one attached hydrogen (secondary N) is 1. The van der Waals surface area contributed by atoms with Gasteiger partial charge in [0.2, 0.25) is 0 Å². The fourth-order valence-corrected chi connectivity index (χ4v) is 2.56. The fraction of sp³-hybridized carbons (Fsp3) is 0.857. The van der Waals surface area contributed by atoms with Gasteiger partial charge in [-0.3, -0.25) is 0 Å². The quantitative estimate of drug-likeness (QED) is 0.617. The highest BCUT2D eigenvalue weighted by Gasteiger charge is 2.50. The van der Waals surface area contributed by atoms with Gasteiger partial charge in [0, 0.05) is 6.54 Å². The first-order chi connectivity index (χ1) is 8.30. The lowest BCUT2D eigenvalue weighted by Crippen LogP contribution is -2.41. The van der Waals surface area contributed by atoms with E-state index in [1.165, 1.54) is 12.0 Å². The standard InChI is InChI=1S/C14H26BNO2/c1-11(8-12-6-7-16-10-12)9-15-17-13(2,3)14(4,5)18-15/h8,11,16H,6-7,9-10H2,1-5H3. The Morgan fingerprint density at radius 2 is 1.89 bits per heavy atom. The van der Waals surface area contributed by atoms with Gasteiger partial charge >= 0.3 is 7.12 Å². The van der Waals surface area contributed by atoms with Gasteiger partial charge in [0.1, 0.15) is 0 Å². The molecule has 0 spiro atoms. The second kappa shape index (κ2) is 4.99.